The van der Waals surface area contributed by atoms with Gasteiger partial charge in [0.2, 0.25) is 0 Å². The highest BCUT2D eigenvalue weighted by Gasteiger charge is 2.21. The maximum atomic E-state index is 11.9. The van der Waals surface area contributed by atoms with Gasteiger partial charge in [0.1, 0.15) is 0 Å². The summed E-state index contributed by atoms with van der Waals surface area (Å²) in [5.41, 5.74) is 0. The minimum absolute atomic E-state index is 0.293. The Morgan fingerprint density at radius 3 is 3.05 bits per heavy atom. The molecule has 0 spiro atoms. The Morgan fingerprint density at radius 2 is 2.42 bits per heavy atom. The molecule has 106 valence electrons. The molecule has 1 unspecified atom stereocenters. The fourth-order valence-corrected chi connectivity index (χ4v) is 3.43. The van der Waals surface area contributed by atoms with Crippen molar-refractivity contribution in [2.45, 2.75) is 31.7 Å². The molecule has 2 rings (SSSR count). The van der Waals surface area contributed by atoms with E-state index in [0.717, 1.165) is 24.4 Å². The SMILES string of the molecule is CN(CCCC(=O)c1cccs1)CC1CCCN1C. The number of likely N-dealkylation sites (N-methyl/N-ethyl adjacent to an activating group) is 2. The van der Waals surface area contributed by atoms with Crippen molar-refractivity contribution in [2.24, 2.45) is 0 Å². The number of rotatable bonds is 7. The lowest BCUT2D eigenvalue weighted by Crippen LogP contribution is -2.37. The van der Waals surface area contributed by atoms with Crippen molar-refractivity contribution in [3.8, 4) is 0 Å². The Hall–Kier alpha value is -0.710. The van der Waals surface area contributed by atoms with Gasteiger partial charge in [-0.05, 0) is 57.9 Å². The zero-order valence-electron chi connectivity index (χ0n) is 12.0. The fraction of sp³-hybridized carbons (Fsp3) is 0.667. The van der Waals surface area contributed by atoms with Crippen LogP contribution in [-0.2, 0) is 0 Å². The lowest BCUT2D eigenvalue weighted by Gasteiger charge is -2.25. The molecule has 2 heterocycles. The van der Waals surface area contributed by atoms with E-state index in [-0.39, 0.29) is 0 Å². The van der Waals surface area contributed by atoms with Gasteiger partial charge in [0, 0.05) is 19.0 Å². The van der Waals surface area contributed by atoms with Crippen LogP contribution in [0.4, 0.5) is 0 Å². The predicted molar refractivity (Wildman–Crippen MR) is 81.0 cm³/mol. The van der Waals surface area contributed by atoms with Gasteiger partial charge in [-0.1, -0.05) is 6.07 Å². The van der Waals surface area contributed by atoms with Gasteiger partial charge in [0.25, 0.3) is 0 Å². The highest BCUT2D eigenvalue weighted by atomic mass is 32.1. The number of hydrogen-bond donors (Lipinski definition) is 0. The summed E-state index contributed by atoms with van der Waals surface area (Å²) in [5.74, 6) is 0.293. The van der Waals surface area contributed by atoms with Crippen molar-refractivity contribution in [3.63, 3.8) is 0 Å². The van der Waals surface area contributed by atoms with Gasteiger partial charge >= 0.3 is 0 Å². The summed E-state index contributed by atoms with van der Waals surface area (Å²) in [6.07, 6.45) is 4.27. The third kappa shape index (κ3) is 4.41. The highest BCUT2D eigenvalue weighted by molar-refractivity contribution is 7.12. The Morgan fingerprint density at radius 1 is 1.58 bits per heavy atom. The molecule has 4 heteroatoms. The monoisotopic (exact) mass is 280 g/mol. The van der Waals surface area contributed by atoms with Crippen molar-refractivity contribution < 1.29 is 4.79 Å². The average molecular weight is 280 g/mol. The van der Waals surface area contributed by atoms with E-state index in [9.17, 15) is 4.79 Å². The second-order valence-electron chi connectivity index (χ2n) is 5.54. The first-order valence-corrected chi connectivity index (χ1v) is 8.00. The minimum atomic E-state index is 0.293. The molecular weight excluding hydrogens is 256 g/mol. The van der Waals surface area contributed by atoms with Crippen LogP contribution in [-0.4, -0.2) is 55.4 Å². The molecule has 1 aromatic heterocycles. The van der Waals surface area contributed by atoms with E-state index in [0.29, 0.717) is 18.2 Å². The largest absolute Gasteiger partial charge is 0.305 e. The van der Waals surface area contributed by atoms with Crippen LogP contribution in [0.2, 0.25) is 0 Å². The van der Waals surface area contributed by atoms with Crippen LogP contribution in [0.3, 0.4) is 0 Å². The van der Waals surface area contributed by atoms with E-state index < -0.39 is 0 Å². The molecule has 0 N–H and O–H groups in total. The minimum Gasteiger partial charge on any atom is -0.305 e. The first-order valence-electron chi connectivity index (χ1n) is 7.12. The van der Waals surface area contributed by atoms with E-state index in [2.05, 4.69) is 23.9 Å². The standard InChI is InChI=1S/C15H24N2OS/c1-16(12-13-6-3-10-17(13)2)9-4-7-14(18)15-8-5-11-19-15/h5,8,11,13H,3-4,6-7,9-10,12H2,1-2H3. The Labute approximate surface area is 120 Å². The van der Waals surface area contributed by atoms with Crippen LogP contribution in [0.5, 0.6) is 0 Å². The van der Waals surface area contributed by atoms with Crippen molar-refractivity contribution in [2.75, 3.05) is 33.7 Å². The van der Waals surface area contributed by atoms with Crippen molar-refractivity contribution >= 4 is 17.1 Å². The van der Waals surface area contributed by atoms with Gasteiger partial charge in [0.05, 0.1) is 4.88 Å². The second kappa shape index (κ2) is 7.17. The maximum absolute atomic E-state index is 11.9. The van der Waals surface area contributed by atoms with E-state index in [4.69, 9.17) is 0 Å². The lowest BCUT2D eigenvalue weighted by molar-refractivity contribution is 0.0979. The number of Topliss-reactive ketones (excluding diaryl/α,β-unsaturated/α-hetero) is 1. The van der Waals surface area contributed by atoms with E-state index in [1.54, 1.807) is 11.3 Å². The fourth-order valence-electron chi connectivity index (χ4n) is 2.73. The number of nitrogens with zero attached hydrogens (tertiary/aromatic N) is 2. The first-order chi connectivity index (χ1) is 9.16. The summed E-state index contributed by atoms with van der Waals surface area (Å²) in [5, 5.41) is 1.97. The third-order valence-electron chi connectivity index (χ3n) is 3.93. The quantitative estimate of drug-likeness (QED) is 0.718. The summed E-state index contributed by atoms with van der Waals surface area (Å²) in [6, 6.07) is 4.57. The molecule has 0 amide bonds. The Kier molecular flexibility index (Phi) is 5.55. The van der Waals surface area contributed by atoms with Crippen LogP contribution < -0.4 is 0 Å². The van der Waals surface area contributed by atoms with Gasteiger partial charge in [-0.15, -0.1) is 11.3 Å². The van der Waals surface area contributed by atoms with Gasteiger partial charge in [0.15, 0.2) is 5.78 Å². The molecule has 1 aliphatic heterocycles. The van der Waals surface area contributed by atoms with Gasteiger partial charge < -0.3 is 9.80 Å². The summed E-state index contributed by atoms with van der Waals surface area (Å²) in [7, 11) is 4.38. The summed E-state index contributed by atoms with van der Waals surface area (Å²) < 4.78 is 0. The average Bonchev–Trinajstić information content (AvgIpc) is 3.02. The summed E-state index contributed by atoms with van der Waals surface area (Å²) >= 11 is 1.55. The van der Waals surface area contributed by atoms with Crippen LogP contribution in [0.25, 0.3) is 0 Å². The molecule has 1 fully saturated rings. The lowest BCUT2D eigenvalue weighted by atomic mass is 10.1. The smallest absolute Gasteiger partial charge is 0.172 e. The van der Waals surface area contributed by atoms with Crippen LogP contribution in [0.1, 0.15) is 35.4 Å². The number of ketones is 1. The molecule has 19 heavy (non-hydrogen) atoms. The third-order valence-corrected chi connectivity index (χ3v) is 4.84. The molecule has 1 aromatic rings. The Balaban J connectivity index is 1.64. The molecule has 1 atom stereocenters. The molecule has 3 nitrogen and oxygen atoms in total. The van der Waals surface area contributed by atoms with Gasteiger partial charge in [-0.2, -0.15) is 0 Å². The zero-order valence-corrected chi connectivity index (χ0v) is 12.8. The van der Waals surface area contributed by atoms with Gasteiger partial charge in [-0.3, -0.25) is 4.79 Å². The summed E-state index contributed by atoms with van der Waals surface area (Å²) in [6.45, 7) is 3.38. The zero-order chi connectivity index (χ0) is 13.7. The molecule has 0 bridgehead atoms. The highest BCUT2D eigenvalue weighted by Crippen LogP contribution is 2.16. The van der Waals surface area contributed by atoms with Crippen molar-refractivity contribution in [1.29, 1.82) is 0 Å². The van der Waals surface area contributed by atoms with E-state index >= 15 is 0 Å². The van der Waals surface area contributed by atoms with Crippen LogP contribution in [0, 0.1) is 0 Å². The van der Waals surface area contributed by atoms with Crippen molar-refractivity contribution in [1.82, 2.24) is 9.80 Å². The number of carbonyl (C=O) groups excluding carboxylic acids is 1. The van der Waals surface area contributed by atoms with E-state index in [1.807, 2.05) is 17.5 Å². The van der Waals surface area contributed by atoms with Crippen LogP contribution >= 0.6 is 11.3 Å². The topological polar surface area (TPSA) is 23.6 Å². The molecule has 0 aliphatic carbocycles. The first kappa shape index (κ1) is 14.7. The number of thiophene rings is 1. The Bertz CT molecular complexity index is 391. The summed E-state index contributed by atoms with van der Waals surface area (Å²) in [4.78, 5) is 17.6. The molecule has 1 saturated heterocycles. The normalized spacial score (nSPS) is 20.3. The van der Waals surface area contributed by atoms with Crippen molar-refractivity contribution in [3.05, 3.63) is 22.4 Å². The van der Waals surface area contributed by atoms with Crippen LogP contribution in [0.15, 0.2) is 17.5 Å². The second-order valence-corrected chi connectivity index (χ2v) is 6.49. The molecule has 0 radical (unpaired) electrons. The number of hydrogen-bond acceptors (Lipinski definition) is 4. The number of carbonyl (C=O) groups is 1. The predicted octanol–water partition coefficient (Wildman–Crippen LogP) is 2.74. The molecule has 0 saturated carbocycles. The van der Waals surface area contributed by atoms with E-state index in [1.165, 1.54) is 19.4 Å². The maximum Gasteiger partial charge on any atom is 0.172 e. The molecule has 0 aromatic carbocycles. The van der Waals surface area contributed by atoms with Gasteiger partial charge in [-0.25, -0.2) is 0 Å². The molecule has 1 aliphatic rings. The number of likely N-dealkylation sites (tertiary alicyclic amines) is 1. The molecular formula is C15H24N2OS.